The lowest BCUT2D eigenvalue weighted by Crippen LogP contribution is -2.02. The second kappa shape index (κ2) is 4.78. The van der Waals surface area contributed by atoms with Crippen LogP contribution in [0.25, 0.3) is 21.9 Å². The van der Waals surface area contributed by atoms with Gasteiger partial charge in [0, 0.05) is 18.4 Å². The van der Waals surface area contributed by atoms with Gasteiger partial charge in [0.25, 0.3) is 0 Å². The highest BCUT2D eigenvalue weighted by Crippen LogP contribution is 2.23. The number of nitrogens with one attached hydrogen (secondary N) is 1. The normalized spacial score (nSPS) is 11.4. The molecular weight excluding hydrogens is 286 g/mol. The van der Waals surface area contributed by atoms with Crippen LogP contribution in [0.5, 0.6) is 0 Å². The molecule has 3 heterocycles. The molecule has 1 aromatic carbocycles. The van der Waals surface area contributed by atoms with Crippen molar-refractivity contribution < 1.29 is 4.52 Å². The fourth-order valence-corrected chi connectivity index (χ4v) is 2.81. The molecule has 1 N–H and O–H groups in total. The maximum absolute atomic E-state index is 5.42. The monoisotopic (exact) mass is 297 g/mol. The molecule has 6 nitrogen and oxygen atoms in total. The average molecular weight is 297 g/mol. The molecule has 104 valence electrons. The molecule has 7 heteroatoms. The van der Waals surface area contributed by atoms with Gasteiger partial charge in [-0.15, -0.1) is 0 Å². The van der Waals surface area contributed by atoms with E-state index < -0.39 is 0 Å². The lowest BCUT2D eigenvalue weighted by Gasteiger charge is -2.05. The third-order valence-electron chi connectivity index (χ3n) is 3.46. The first kappa shape index (κ1) is 12.2. The minimum absolute atomic E-state index is 0.601. The van der Waals surface area contributed by atoms with E-state index in [0.717, 1.165) is 21.9 Å². The Bertz CT molecular complexity index is 970. The third-order valence-corrected chi connectivity index (χ3v) is 3.78. The van der Waals surface area contributed by atoms with Gasteiger partial charge in [-0.25, -0.2) is 0 Å². The van der Waals surface area contributed by atoms with Crippen molar-refractivity contribution in [2.75, 3.05) is 0 Å². The summed E-state index contributed by atoms with van der Waals surface area (Å²) in [6.07, 6.45) is 3.86. The molecule has 0 amide bonds. The summed E-state index contributed by atoms with van der Waals surface area (Å²) >= 11 is 5.42. The highest BCUT2D eigenvalue weighted by molar-refractivity contribution is 7.71. The van der Waals surface area contributed by atoms with Crippen molar-refractivity contribution in [1.82, 2.24) is 24.7 Å². The number of hydrogen-bond donors (Lipinski definition) is 1. The van der Waals surface area contributed by atoms with Crippen LogP contribution in [0.2, 0.25) is 0 Å². The molecule has 0 fully saturated rings. The molecule has 0 bridgehead atoms. The summed E-state index contributed by atoms with van der Waals surface area (Å²) < 4.78 is 7.76. The molecule has 0 aliphatic rings. The molecular formula is C14H11N5OS. The highest BCUT2D eigenvalue weighted by Gasteiger charge is 2.10. The van der Waals surface area contributed by atoms with E-state index in [9.17, 15) is 0 Å². The Hall–Kier alpha value is -2.54. The van der Waals surface area contributed by atoms with Crippen molar-refractivity contribution in [3.8, 4) is 0 Å². The molecule has 0 aliphatic heterocycles. The van der Waals surface area contributed by atoms with Crippen molar-refractivity contribution in [1.29, 1.82) is 0 Å². The summed E-state index contributed by atoms with van der Waals surface area (Å²) in [6, 6.07) is 8.02. The van der Waals surface area contributed by atoms with Crippen molar-refractivity contribution in [2.45, 2.75) is 13.0 Å². The highest BCUT2D eigenvalue weighted by atomic mass is 32.1. The molecule has 21 heavy (non-hydrogen) atoms. The van der Waals surface area contributed by atoms with Gasteiger partial charge in [-0.05, 0) is 18.3 Å². The third kappa shape index (κ3) is 2.02. The van der Waals surface area contributed by atoms with Gasteiger partial charge in [0.2, 0.25) is 5.89 Å². The van der Waals surface area contributed by atoms with E-state index in [2.05, 4.69) is 30.7 Å². The number of nitrogens with zero attached hydrogens (tertiary/aromatic N) is 4. The first-order valence-corrected chi connectivity index (χ1v) is 6.95. The minimum Gasteiger partial charge on any atom is -0.340 e. The number of para-hydroxylation sites is 1. The van der Waals surface area contributed by atoms with E-state index in [1.807, 2.05) is 24.4 Å². The lowest BCUT2D eigenvalue weighted by molar-refractivity contribution is 0.371. The summed E-state index contributed by atoms with van der Waals surface area (Å²) in [6.45, 7) is 0.676. The van der Waals surface area contributed by atoms with Crippen molar-refractivity contribution in [3.63, 3.8) is 0 Å². The Kier molecular flexibility index (Phi) is 2.78. The molecule has 3 aromatic heterocycles. The molecule has 4 rings (SSSR count). The molecule has 0 atom stereocenters. The van der Waals surface area contributed by atoms with Gasteiger partial charge in [-0.3, -0.25) is 4.98 Å². The number of aromatic amines is 1. The maximum atomic E-state index is 5.42. The van der Waals surface area contributed by atoms with Crippen LogP contribution in [0.1, 0.15) is 5.89 Å². The number of benzene rings is 1. The Morgan fingerprint density at radius 1 is 1.24 bits per heavy atom. The number of pyridine rings is 1. The van der Waals surface area contributed by atoms with Gasteiger partial charge in [-0.2, -0.15) is 4.98 Å². The zero-order valence-corrected chi connectivity index (χ0v) is 11.8. The van der Waals surface area contributed by atoms with E-state index in [1.54, 1.807) is 0 Å². The van der Waals surface area contributed by atoms with E-state index in [0.29, 0.717) is 23.6 Å². The van der Waals surface area contributed by atoms with Gasteiger partial charge >= 0.3 is 0 Å². The molecule has 0 aliphatic carbocycles. The summed E-state index contributed by atoms with van der Waals surface area (Å²) in [5.41, 5.74) is 2.94. The number of H-pyrrole nitrogens is 1. The first-order valence-electron chi connectivity index (χ1n) is 6.55. The smallest absolute Gasteiger partial charge is 0.228 e. The van der Waals surface area contributed by atoms with E-state index in [-0.39, 0.29) is 0 Å². The second-order valence-corrected chi connectivity index (χ2v) is 5.09. The minimum atomic E-state index is 0.601. The Labute approximate surface area is 124 Å². The summed E-state index contributed by atoms with van der Waals surface area (Å²) in [7, 11) is 0. The van der Waals surface area contributed by atoms with Crippen LogP contribution < -0.4 is 0 Å². The van der Waals surface area contributed by atoms with Gasteiger partial charge in [0.1, 0.15) is 0 Å². The van der Waals surface area contributed by atoms with Gasteiger partial charge in [0.15, 0.2) is 11.1 Å². The molecule has 0 spiro atoms. The lowest BCUT2D eigenvalue weighted by atomic mass is 10.2. The largest absolute Gasteiger partial charge is 0.340 e. The van der Waals surface area contributed by atoms with E-state index in [1.165, 1.54) is 6.33 Å². The molecule has 0 unspecified atom stereocenters. The average Bonchev–Trinajstić information content (AvgIpc) is 3.12. The number of aromatic nitrogens is 5. The Balaban J connectivity index is 1.88. The Morgan fingerprint density at radius 3 is 3.00 bits per heavy atom. The quantitative estimate of drug-likeness (QED) is 0.589. The van der Waals surface area contributed by atoms with Gasteiger partial charge < -0.3 is 14.1 Å². The van der Waals surface area contributed by atoms with E-state index in [4.69, 9.17) is 16.7 Å². The van der Waals surface area contributed by atoms with Crippen molar-refractivity contribution in [2.24, 2.45) is 0 Å². The molecule has 4 aromatic rings. The van der Waals surface area contributed by atoms with Crippen LogP contribution in [0, 0.1) is 4.77 Å². The van der Waals surface area contributed by atoms with Crippen LogP contribution in [0.4, 0.5) is 0 Å². The second-order valence-electron chi connectivity index (χ2n) is 4.70. The summed E-state index contributed by atoms with van der Waals surface area (Å²) in [5.74, 6) is 0.601. The van der Waals surface area contributed by atoms with Gasteiger partial charge in [-0.1, -0.05) is 23.4 Å². The summed E-state index contributed by atoms with van der Waals surface area (Å²) in [4.78, 5) is 11.7. The van der Waals surface area contributed by atoms with Crippen LogP contribution in [-0.2, 0) is 13.0 Å². The topological polar surface area (TPSA) is 72.5 Å². The number of imidazole rings is 1. The fourth-order valence-electron chi connectivity index (χ4n) is 2.52. The van der Waals surface area contributed by atoms with Crippen molar-refractivity contribution in [3.05, 3.63) is 47.5 Å². The van der Waals surface area contributed by atoms with Crippen LogP contribution >= 0.6 is 12.2 Å². The van der Waals surface area contributed by atoms with Crippen LogP contribution in [0.15, 0.2) is 41.3 Å². The Morgan fingerprint density at radius 2 is 2.14 bits per heavy atom. The predicted octanol–water partition coefficient (Wildman–Crippen LogP) is 2.87. The SMILES string of the molecule is S=c1[nH]c2cnc3ccccc3c2n1CCc1ncno1. The predicted molar refractivity (Wildman–Crippen MR) is 80.4 cm³/mol. The number of hydrogen-bond acceptors (Lipinski definition) is 5. The zero-order chi connectivity index (χ0) is 14.2. The molecule has 0 radical (unpaired) electrons. The number of aryl methyl sites for hydroxylation is 2. The fraction of sp³-hybridized carbons (Fsp3) is 0.143. The van der Waals surface area contributed by atoms with Crippen molar-refractivity contribution >= 4 is 34.2 Å². The number of fused-ring (bicyclic) bond motifs is 3. The zero-order valence-electron chi connectivity index (χ0n) is 11.0. The first-order chi connectivity index (χ1) is 10.3. The van der Waals surface area contributed by atoms with E-state index >= 15 is 0 Å². The maximum Gasteiger partial charge on any atom is 0.228 e. The van der Waals surface area contributed by atoms with Crippen LogP contribution in [0.3, 0.4) is 0 Å². The van der Waals surface area contributed by atoms with Gasteiger partial charge in [0.05, 0.1) is 22.7 Å². The number of rotatable bonds is 3. The molecule has 0 saturated carbocycles. The standard InChI is InChI=1S/C14H11N5OS/c21-14-18-11-7-15-10-4-2-1-3-9(10)13(11)19(14)6-5-12-16-8-17-20-12/h1-4,7-8H,5-6H2,(H,18,21). The summed E-state index contributed by atoms with van der Waals surface area (Å²) in [5, 5.41) is 4.69. The van der Waals surface area contributed by atoms with Crippen LogP contribution in [-0.4, -0.2) is 24.7 Å². The molecule has 0 saturated heterocycles.